The highest BCUT2D eigenvalue weighted by atomic mass is 19.4. The fraction of sp³-hybridized carbons (Fsp3) is 0.273. The lowest BCUT2D eigenvalue weighted by molar-refractivity contribution is -0.274. The van der Waals surface area contributed by atoms with Gasteiger partial charge in [0.15, 0.2) is 34.7 Å². The first-order chi connectivity index (χ1) is 22.1. The zero-order chi connectivity index (χ0) is 34.0. The molecule has 5 atom stereocenters. The summed E-state index contributed by atoms with van der Waals surface area (Å²) in [5, 5.41) is 24.7. The van der Waals surface area contributed by atoms with E-state index < -0.39 is 88.5 Å². The number of carbonyl (C=O) groups excluding carboxylic acids is 6. The minimum atomic E-state index is -4.87. The second kappa shape index (κ2) is 11.2. The van der Waals surface area contributed by atoms with Gasteiger partial charge in [-0.3, -0.25) is 28.8 Å². The lowest BCUT2D eigenvalue weighted by Crippen LogP contribution is -2.68. The SMILES string of the molecule is NC(=O)C1C(=O)C[C@@H]2C[C@@H]3Cc4c(-c5cccc(C(=O)Nc6ccc(OC(F)(F)F)cc6)c5)ccc(O)c4C(=O)C3C(=O)[C@]2(O)C1=O. The summed E-state index contributed by atoms with van der Waals surface area (Å²) in [5.74, 6) is -12.4. The molecule has 2 fully saturated rings. The largest absolute Gasteiger partial charge is 0.573 e. The average Bonchev–Trinajstić information content (AvgIpc) is 2.99. The van der Waals surface area contributed by atoms with Crippen LogP contribution in [0.1, 0.15) is 39.1 Å². The van der Waals surface area contributed by atoms with E-state index in [0.29, 0.717) is 16.7 Å². The van der Waals surface area contributed by atoms with Crippen LogP contribution in [0, 0.1) is 23.7 Å². The first kappa shape index (κ1) is 31.6. The third-order valence-electron chi connectivity index (χ3n) is 9.07. The lowest BCUT2D eigenvalue weighted by Gasteiger charge is -2.48. The van der Waals surface area contributed by atoms with Gasteiger partial charge in [-0.15, -0.1) is 13.2 Å². The van der Waals surface area contributed by atoms with E-state index in [2.05, 4.69) is 10.1 Å². The maximum atomic E-state index is 13.9. The number of benzene rings is 3. The summed E-state index contributed by atoms with van der Waals surface area (Å²) in [6, 6.07) is 13.5. The third-order valence-corrected chi connectivity index (χ3v) is 9.07. The van der Waals surface area contributed by atoms with Crippen molar-refractivity contribution < 1.29 is 56.9 Å². The van der Waals surface area contributed by atoms with Crippen LogP contribution in [-0.2, 0) is 25.6 Å². The molecule has 0 heterocycles. The Balaban J connectivity index is 1.30. The van der Waals surface area contributed by atoms with Gasteiger partial charge in [-0.2, -0.15) is 0 Å². The van der Waals surface area contributed by atoms with E-state index in [9.17, 15) is 52.2 Å². The lowest BCUT2D eigenvalue weighted by atomic mass is 9.53. The van der Waals surface area contributed by atoms with E-state index in [1.807, 2.05) is 0 Å². The van der Waals surface area contributed by atoms with Crippen molar-refractivity contribution in [3.8, 4) is 22.6 Å². The number of ketones is 4. The minimum absolute atomic E-state index is 0.0399. The molecule has 6 rings (SSSR count). The highest BCUT2D eigenvalue weighted by molar-refractivity contribution is 6.31. The maximum Gasteiger partial charge on any atom is 0.573 e. The van der Waals surface area contributed by atoms with E-state index in [-0.39, 0.29) is 29.7 Å². The van der Waals surface area contributed by atoms with Gasteiger partial charge in [-0.25, -0.2) is 0 Å². The van der Waals surface area contributed by atoms with Crippen molar-refractivity contribution in [2.24, 2.45) is 29.4 Å². The predicted molar refractivity (Wildman–Crippen MR) is 155 cm³/mol. The van der Waals surface area contributed by atoms with Crippen LogP contribution in [-0.4, -0.2) is 57.1 Å². The van der Waals surface area contributed by atoms with E-state index in [0.717, 1.165) is 12.1 Å². The summed E-state index contributed by atoms with van der Waals surface area (Å²) in [7, 11) is 0. The van der Waals surface area contributed by atoms with Crippen molar-refractivity contribution >= 4 is 40.6 Å². The number of anilines is 1. The number of nitrogens with two attached hydrogens (primary N) is 1. The van der Waals surface area contributed by atoms with Crippen molar-refractivity contribution in [3.05, 3.63) is 77.4 Å². The normalized spacial score (nSPS) is 25.4. The Morgan fingerprint density at radius 3 is 2.32 bits per heavy atom. The zero-order valence-corrected chi connectivity index (χ0v) is 24.2. The predicted octanol–water partition coefficient (Wildman–Crippen LogP) is 3.14. The van der Waals surface area contributed by atoms with Crippen molar-refractivity contribution in [2.75, 3.05) is 5.32 Å². The van der Waals surface area contributed by atoms with Gasteiger partial charge in [0.2, 0.25) is 5.91 Å². The molecule has 3 aromatic carbocycles. The van der Waals surface area contributed by atoms with E-state index in [1.54, 1.807) is 12.1 Å². The number of phenolic OH excluding ortho intramolecular Hbond substituents is 1. The Morgan fingerprint density at radius 2 is 1.66 bits per heavy atom. The zero-order valence-electron chi connectivity index (χ0n) is 24.2. The monoisotopic (exact) mass is 650 g/mol. The first-order valence-corrected chi connectivity index (χ1v) is 14.4. The highest BCUT2D eigenvalue weighted by Crippen LogP contribution is 2.51. The quantitative estimate of drug-likeness (QED) is 0.301. The molecule has 3 aliphatic rings. The standard InChI is InChI=1S/C33H25F3N2O9/c34-33(35,36)47-19-6-4-18(5-7-19)38-31(45)15-3-1-2-14(10-15)20-8-9-22(39)25-21(20)12-16-11-17-13-23(40)26(30(37)44)29(43)32(17,46)28(42)24(16)27(25)41/h1-10,16-17,24,26,39,46H,11-13H2,(H2,37,44)(H,38,45)/t16-,17+,24?,26?,32+/m1/s1. The fourth-order valence-corrected chi connectivity index (χ4v) is 7.01. The van der Waals surface area contributed by atoms with E-state index in [1.165, 1.54) is 36.4 Å². The number of ether oxygens (including phenoxy) is 1. The maximum absolute atomic E-state index is 13.9. The second-order valence-electron chi connectivity index (χ2n) is 11.8. The molecule has 2 unspecified atom stereocenters. The van der Waals surface area contributed by atoms with Crippen LogP contribution in [0.3, 0.4) is 0 Å². The fourth-order valence-electron chi connectivity index (χ4n) is 7.01. The van der Waals surface area contributed by atoms with Crippen LogP contribution in [0.15, 0.2) is 60.7 Å². The number of hydrogen-bond acceptors (Lipinski definition) is 9. The van der Waals surface area contributed by atoms with Crippen molar-refractivity contribution in [1.29, 1.82) is 0 Å². The Hall–Kier alpha value is -5.37. The molecule has 14 heteroatoms. The molecule has 2 saturated carbocycles. The van der Waals surface area contributed by atoms with Gasteiger partial charge in [0.1, 0.15) is 11.5 Å². The Morgan fingerprint density at radius 1 is 0.957 bits per heavy atom. The molecule has 5 N–H and O–H groups in total. The van der Waals surface area contributed by atoms with Crippen molar-refractivity contribution in [3.63, 3.8) is 0 Å². The smallest absolute Gasteiger partial charge is 0.507 e. The van der Waals surface area contributed by atoms with Gasteiger partial charge in [0.05, 0.1) is 11.5 Å². The van der Waals surface area contributed by atoms with Crippen LogP contribution in [0.25, 0.3) is 11.1 Å². The topological polar surface area (TPSA) is 190 Å². The van der Waals surface area contributed by atoms with Gasteiger partial charge in [-0.05, 0) is 77.9 Å². The minimum Gasteiger partial charge on any atom is -0.507 e. The van der Waals surface area contributed by atoms with Gasteiger partial charge in [0.25, 0.3) is 5.91 Å². The van der Waals surface area contributed by atoms with Gasteiger partial charge in [0, 0.05) is 23.6 Å². The summed E-state index contributed by atoms with van der Waals surface area (Å²) in [6.07, 6.45) is -5.37. The summed E-state index contributed by atoms with van der Waals surface area (Å²) in [5.41, 5.74) is 3.87. The van der Waals surface area contributed by atoms with Crippen LogP contribution >= 0.6 is 0 Å². The number of primary amides is 1. The number of carbonyl (C=O) groups is 6. The molecule has 11 nitrogen and oxygen atoms in total. The van der Waals surface area contributed by atoms with E-state index in [4.69, 9.17) is 5.73 Å². The number of halogens is 3. The molecule has 0 aromatic heterocycles. The number of rotatable bonds is 5. The Bertz CT molecular complexity index is 1890. The molecular formula is C33H25F3N2O9. The van der Waals surface area contributed by atoms with Crippen molar-refractivity contribution in [1.82, 2.24) is 0 Å². The second-order valence-corrected chi connectivity index (χ2v) is 11.8. The summed E-state index contributed by atoms with van der Waals surface area (Å²) >= 11 is 0. The van der Waals surface area contributed by atoms with Crippen molar-refractivity contribution in [2.45, 2.75) is 31.2 Å². The molecule has 0 aliphatic heterocycles. The number of aromatic hydroxyl groups is 1. The van der Waals surface area contributed by atoms with Gasteiger partial charge in [-0.1, -0.05) is 18.2 Å². The molecule has 2 amide bonds. The van der Waals surface area contributed by atoms with Gasteiger partial charge < -0.3 is 26.0 Å². The molecule has 3 aromatic rings. The third kappa shape index (κ3) is 5.33. The Labute approximate surface area is 263 Å². The number of nitrogens with one attached hydrogen (secondary N) is 1. The highest BCUT2D eigenvalue weighted by Gasteiger charge is 2.66. The first-order valence-electron chi connectivity index (χ1n) is 14.4. The molecule has 3 aliphatic carbocycles. The number of alkyl halides is 3. The molecule has 47 heavy (non-hydrogen) atoms. The van der Waals surface area contributed by atoms with Gasteiger partial charge >= 0.3 is 6.36 Å². The van der Waals surface area contributed by atoms with Crippen LogP contribution in [0.5, 0.6) is 11.5 Å². The summed E-state index contributed by atoms with van der Waals surface area (Å²) < 4.78 is 41.2. The van der Waals surface area contributed by atoms with E-state index >= 15 is 0 Å². The number of fused-ring (bicyclic) bond motifs is 3. The summed E-state index contributed by atoms with van der Waals surface area (Å²) in [6.45, 7) is 0. The molecule has 0 spiro atoms. The number of hydrogen-bond donors (Lipinski definition) is 4. The molecule has 0 radical (unpaired) electrons. The number of aliphatic hydroxyl groups is 1. The number of phenols is 1. The van der Waals surface area contributed by atoms with Crippen LogP contribution < -0.4 is 15.8 Å². The molecule has 0 saturated heterocycles. The molecule has 242 valence electrons. The Kier molecular flexibility index (Phi) is 7.50. The number of Topliss-reactive ketones (excluding diaryl/α,β-unsaturated/α-hetero) is 4. The average molecular weight is 651 g/mol. The number of amides is 2. The van der Waals surface area contributed by atoms with Crippen LogP contribution in [0.4, 0.5) is 18.9 Å². The summed E-state index contributed by atoms with van der Waals surface area (Å²) in [4.78, 5) is 78.1. The molecular weight excluding hydrogens is 625 g/mol. The van der Waals surface area contributed by atoms with Crippen LogP contribution in [0.2, 0.25) is 0 Å². The molecule has 0 bridgehead atoms.